The monoisotopic (exact) mass is 342 g/mol. The summed E-state index contributed by atoms with van der Waals surface area (Å²) >= 11 is 0. The Morgan fingerprint density at radius 3 is 2.38 bits per heavy atom. The normalized spacial score (nSPS) is 21.4. The van der Waals surface area contributed by atoms with Gasteiger partial charge >= 0.3 is 12.3 Å². The zero-order valence-corrected chi connectivity index (χ0v) is 12.4. The molecule has 1 atom stereocenters. The van der Waals surface area contributed by atoms with Gasteiger partial charge in [-0.3, -0.25) is 9.59 Å². The highest BCUT2D eigenvalue weighted by Crippen LogP contribution is 2.29. The Balaban J connectivity index is 1.68. The molecule has 0 spiro atoms. The molecule has 128 valence electrons. The van der Waals surface area contributed by atoms with Crippen LogP contribution in [0.4, 0.5) is 18.0 Å². The average molecular weight is 342 g/mol. The Morgan fingerprint density at radius 2 is 1.83 bits per heavy atom. The number of carbonyl (C=O) groups excluding carboxylic acids is 3. The van der Waals surface area contributed by atoms with Gasteiger partial charge in [0.25, 0.3) is 11.8 Å². The lowest BCUT2D eigenvalue weighted by atomic mass is 10.1. The van der Waals surface area contributed by atoms with E-state index in [2.05, 4.69) is 4.74 Å². The van der Waals surface area contributed by atoms with Gasteiger partial charge in [0.1, 0.15) is 0 Å². The second-order valence-corrected chi connectivity index (χ2v) is 5.59. The van der Waals surface area contributed by atoms with Crippen LogP contribution in [0, 0.1) is 0 Å². The number of carbonyl (C=O) groups is 3. The van der Waals surface area contributed by atoms with Crippen molar-refractivity contribution in [3.05, 3.63) is 35.4 Å². The molecule has 0 N–H and O–H groups in total. The Kier molecular flexibility index (Phi) is 3.94. The van der Waals surface area contributed by atoms with Gasteiger partial charge in [-0.05, 0) is 30.7 Å². The van der Waals surface area contributed by atoms with E-state index in [0.717, 1.165) is 29.2 Å². The van der Waals surface area contributed by atoms with Crippen LogP contribution in [0.3, 0.4) is 0 Å². The van der Waals surface area contributed by atoms with Crippen molar-refractivity contribution in [2.45, 2.75) is 18.6 Å². The largest absolute Gasteiger partial charge is 0.439 e. The van der Waals surface area contributed by atoms with E-state index in [9.17, 15) is 27.6 Å². The van der Waals surface area contributed by atoms with E-state index in [-0.39, 0.29) is 18.7 Å². The van der Waals surface area contributed by atoms with Crippen molar-refractivity contribution in [2.75, 3.05) is 19.7 Å². The minimum absolute atomic E-state index is 0.124. The molecule has 2 saturated heterocycles. The lowest BCUT2D eigenvalue weighted by molar-refractivity contribution is -0.137. The smallest absolute Gasteiger partial charge is 0.417 e. The fourth-order valence-electron chi connectivity index (χ4n) is 2.84. The maximum absolute atomic E-state index is 12.5. The molecule has 3 rings (SSSR count). The number of benzene rings is 1. The van der Waals surface area contributed by atoms with E-state index in [4.69, 9.17) is 0 Å². The molecule has 3 amide bonds. The Hall–Kier alpha value is -2.58. The third-order valence-corrected chi connectivity index (χ3v) is 4.06. The van der Waals surface area contributed by atoms with E-state index in [1.807, 2.05) is 0 Å². The highest BCUT2D eigenvalue weighted by Gasteiger charge is 2.41. The molecule has 0 radical (unpaired) electrons. The fraction of sp³-hybridized carbons (Fsp3) is 0.400. The van der Waals surface area contributed by atoms with E-state index >= 15 is 0 Å². The van der Waals surface area contributed by atoms with Crippen molar-refractivity contribution < 1.29 is 32.3 Å². The highest BCUT2D eigenvalue weighted by molar-refractivity contribution is 5.98. The summed E-state index contributed by atoms with van der Waals surface area (Å²) in [5, 5.41) is 0. The summed E-state index contributed by atoms with van der Waals surface area (Å²) in [6, 6.07) is 3.47. The summed E-state index contributed by atoms with van der Waals surface area (Å²) in [5.74, 6) is -0.889. The molecule has 1 unspecified atom stereocenters. The average Bonchev–Trinajstić information content (AvgIpc) is 3.13. The third kappa shape index (κ3) is 2.93. The van der Waals surface area contributed by atoms with Crippen molar-refractivity contribution in [3.63, 3.8) is 0 Å². The van der Waals surface area contributed by atoms with Crippen molar-refractivity contribution in [1.29, 1.82) is 0 Å². The summed E-state index contributed by atoms with van der Waals surface area (Å²) in [5.41, 5.74) is -0.706. The van der Waals surface area contributed by atoms with Gasteiger partial charge in [-0.1, -0.05) is 0 Å². The van der Waals surface area contributed by atoms with Gasteiger partial charge in [0.05, 0.1) is 11.6 Å². The number of halogens is 3. The highest BCUT2D eigenvalue weighted by atomic mass is 19.4. The van der Waals surface area contributed by atoms with Gasteiger partial charge in [-0.2, -0.15) is 13.2 Å². The standard InChI is InChI=1S/C15H13F3N2O4/c16-15(17,18)10-3-1-9(2-4-10)13(22)19-6-5-11(7-19)20-12(21)8-24-14(20)23/h1-4,11H,5-8H2. The third-order valence-electron chi connectivity index (χ3n) is 4.06. The molecule has 24 heavy (non-hydrogen) atoms. The van der Waals surface area contributed by atoms with Crippen LogP contribution in [-0.2, 0) is 15.7 Å². The Morgan fingerprint density at radius 1 is 1.17 bits per heavy atom. The second kappa shape index (κ2) is 5.81. The lowest BCUT2D eigenvalue weighted by Gasteiger charge is -2.20. The van der Waals surface area contributed by atoms with Crippen LogP contribution in [0.25, 0.3) is 0 Å². The molecule has 2 heterocycles. The van der Waals surface area contributed by atoms with Gasteiger partial charge < -0.3 is 9.64 Å². The first-order valence-corrected chi connectivity index (χ1v) is 7.23. The van der Waals surface area contributed by atoms with Crippen molar-refractivity contribution >= 4 is 17.9 Å². The zero-order valence-electron chi connectivity index (χ0n) is 12.4. The number of likely N-dealkylation sites (tertiary alicyclic amines) is 1. The number of amides is 3. The molecule has 2 aliphatic heterocycles. The molecule has 0 saturated carbocycles. The van der Waals surface area contributed by atoms with Gasteiger partial charge in [0.2, 0.25) is 0 Å². The fourth-order valence-corrected chi connectivity index (χ4v) is 2.84. The van der Waals surface area contributed by atoms with Crippen LogP contribution >= 0.6 is 0 Å². The molecule has 1 aromatic carbocycles. The van der Waals surface area contributed by atoms with Crippen molar-refractivity contribution in [2.24, 2.45) is 0 Å². The van der Waals surface area contributed by atoms with E-state index in [0.29, 0.717) is 13.0 Å². The first-order valence-electron chi connectivity index (χ1n) is 7.23. The number of ether oxygens (including phenoxy) is 1. The van der Waals surface area contributed by atoms with Crippen molar-refractivity contribution in [3.8, 4) is 0 Å². The molecular weight excluding hydrogens is 329 g/mol. The number of alkyl halides is 3. The van der Waals surface area contributed by atoms with E-state index in [1.165, 1.54) is 4.90 Å². The quantitative estimate of drug-likeness (QED) is 0.823. The molecule has 2 aliphatic rings. The zero-order chi connectivity index (χ0) is 17.5. The number of hydrogen-bond acceptors (Lipinski definition) is 4. The topological polar surface area (TPSA) is 66.9 Å². The van der Waals surface area contributed by atoms with Crippen LogP contribution in [0.2, 0.25) is 0 Å². The lowest BCUT2D eigenvalue weighted by Crippen LogP contribution is -2.42. The minimum atomic E-state index is -4.46. The summed E-state index contributed by atoms with van der Waals surface area (Å²) in [6.45, 7) is 0.143. The maximum atomic E-state index is 12.5. The van der Waals surface area contributed by atoms with Gasteiger partial charge in [-0.25, -0.2) is 9.69 Å². The summed E-state index contributed by atoms with van der Waals surface area (Å²) in [7, 11) is 0. The number of nitrogens with zero attached hydrogens (tertiary/aromatic N) is 2. The molecule has 0 aromatic heterocycles. The van der Waals surface area contributed by atoms with Gasteiger partial charge in [0.15, 0.2) is 6.61 Å². The molecule has 6 nitrogen and oxygen atoms in total. The molecule has 0 bridgehead atoms. The minimum Gasteiger partial charge on any atom is -0.439 e. The van der Waals surface area contributed by atoms with Crippen LogP contribution in [0.1, 0.15) is 22.3 Å². The maximum Gasteiger partial charge on any atom is 0.417 e. The first-order chi connectivity index (χ1) is 11.3. The van der Waals surface area contributed by atoms with E-state index < -0.39 is 35.7 Å². The predicted octanol–water partition coefficient (Wildman–Crippen LogP) is 1.90. The van der Waals surface area contributed by atoms with Crippen LogP contribution < -0.4 is 0 Å². The van der Waals surface area contributed by atoms with Gasteiger partial charge in [-0.15, -0.1) is 0 Å². The number of rotatable bonds is 2. The first kappa shape index (κ1) is 16.3. The van der Waals surface area contributed by atoms with Crippen LogP contribution in [0.5, 0.6) is 0 Å². The SMILES string of the molecule is O=C(c1ccc(C(F)(F)F)cc1)N1CCC(N2C(=O)COC2=O)C1. The van der Waals surface area contributed by atoms with Crippen LogP contribution in [0.15, 0.2) is 24.3 Å². The Bertz CT molecular complexity index is 671. The molecule has 2 fully saturated rings. The molecule has 9 heteroatoms. The second-order valence-electron chi connectivity index (χ2n) is 5.59. The predicted molar refractivity (Wildman–Crippen MR) is 73.9 cm³/mol. The number of hydrogen-bond donors (Lipinski definition) is 0. The molecule has 0 aliphatic carbocycles. The Labute approximate surface area is 134 Å². The molecule has 1 aromatic rings. The van der Waals surface area contributed by atoms with E-state index in [1.54, 1.807) is 0 Å². The summed E-state index contributed by atoms with van der Waals surface area (Å²) < 4.78 is 42.3. The molecular formula is C15H13F3N2O4. The number of imide groups is 1. The van der Waals surface area contributed by atoms with Gasteiger partial charge in [0, 0.05) is 18.7 Å². The summed E-state index contributed by atoms with van der Waals surface area (Å²) in [4.78, 5) is 37.9. The van der Waals surface area contributed by atoms with Crippen LogP contribution in [-0.4, -0.2) is 53.4 Å². The summed E-state index contributed by atoms with van der Waals surface area (Å²) in [6.07, 6.45) is -4.78. The van der Waals surface area contributed by atoms with Crippen molar-refractivity contribution in [1.82, 2.24) is 9.80 Å². The number of cyclic esters (lactones) is 1.